The molecule has 2 saturated carbocycles. The monoisotopic (exact) mass is 386 g/mol. The molecular formula is C19H19FN4O2S. The summed E-state index contributed by atoms with van der Waals surface area (Å²) in [7, 11) is 0. The highest BCUT2D eigenvalue weighted by molar-refractivity contribution is 7.14. The van der Waals surface area contributed by atoms with Crippen molar-refractivity contribution in [2.45, 2.75) is 31.8 Å². The molecule has 2 aliphatic carbocycles. The highest BCUT2D eigenvalue weighted by Crippen LogP contribution is 2.53. The number of fused-ring (bicyclic) bond motifs is 1. The van der Waals surface area contributed by atoms with E-state index in [2.05, 4.69) is 10.2 Å². The zero-order valence-electron chi connectivity index (χ0n) is 14.7. The summed E-state index contributed by atoms with van der Waals surface area (Å²) < 4.78 is 13.1. The van der Waals surface area contributed by atoms with E-state index in [-0.39, 0.29) is 24.3 Å². The van der Waals surface area contributed by atoms with Crippen molar-refractivity contribution < 1.29 is 14.0 Å². The number of nitrogens with zero attached hydrogens (tertiary/aromatic N) is 4. The summed E-state index contributed by atoms with van der Waals surface area (Å²) in [6.45, 7) is 1.41. The Labute approximate surface area is 160 Å². The van der Waals surface area contributed by atoms with Crippen molar-refractivity contribution in [1.29, 1.82) is 0 Å². The molecule has 6 nitrogen and oxygen atoms in total. The lowest BCUT2D eigenvalue weighted by Crippen LogP contribution is -2.56. The normalized spacial score (nSPS) is 27.2. The van der Waals surface area contributed by atoms with Crippen molar-refractivity contribution in [1.82, 2.24) is 20.0 Å². The second-order valence-electron chi connectivity index (χ2n) is 7.61. The van der Waals surface area contributed by atoms with Gasteiger partial charge in [-0.1, -0.05) is 11.3 Å². The van der Waals surface area contributed by atoms with E-state index in [0.717, 1.165) is 30.2 Å². The first-order chi connectivity index (χ1) is 13.1. The number of benzene rings is 1. The largest absolute Gasteiger partial charge is 0.330 e. The molecule has 0 N–H and O–H groups in total. The van der Waals surface area contributed by atoms with Crippen LogP contribution in [0.3, 0.4) is 0 Å². The Hall–Kier alpha value is -2.35. The van der Waals surface area contributed by atoms with E-state index in [1.54, 1.807) is 21.9 Å². The van der Waals surface area contributed by atoms with Gasteiger partial charge in [0.2, 0.25) is 0 Å². The molecule has 0 bridgehead atoms. The van der Waals surface area contributed by atoms with Crippen LogP contribution in [-0.4, -0.2) is 50.9 Å². The maximum atomic E-state index is 13.1. The Kier molecular flexibility index (Phi) is 3.96. The van der Waals surface area contributed by atoms with E-state index in [9.17, 15) is 14.0 Å². The molecule has 8 heteroatoms. The summed E-state index contributed by atoms with van der Waals surface area (Å²) >= 11 is 1.36. The molecule has 1 saturated heterocycles. The Morgan fingerprint density at radius 2 is 1.74 bits per heavy atom. The van der Waals surface area contributed by atoms with Crippen LogP contribution >= 0.6 is 11.3 Å². The fraction of sp³-hybridized carbons (Fsp3) is 0.474. The minimum Gasteiger partial charge on any atom is -0.330 e. The molecule has 1 aliphatic heterocycles. The standard InChI is InChI=1S/C19H19FN4O2S/c20-14-3-1-11(2-4-14)17-22-21-16(27-17)10-23-5-6-24(19(26)18(23)25)15-8-12-7-13(12)9-15/h1-4,12-13,15H,5-10H2/t12-,13+,15?. The van der Waals surface area contributed by atoms with E-state index in [1.165, 1.54) is 29.9 Å². The molecule has 2 amide bonds. The summed E-state index contributed by atoms with van der Waals surface area (Å²) in [6.07, 6.45) is 3.41. The summed E-state index contributed by atoms with van der Waals surface area (Å²) in [4.78, 5) is 28.5. The van der Waals surface area contributed by atoms with Crippen molar-refractivity contribution in [2.75, 3.05) is 13.1 Å². The third-order valence-corrected chi connectivity index (χ3v) is 6.84. The van der Waals surface area contributed by atoms with Crippen LogP contribution in [-0.2, 0) is 16.1 Å². The van der Waals surface area contributed by atoms with Crippen LogP contribution in [0, 0.1) is 17.7 Å². The van der Waals surface area contributed by atoms with Crippen molar-refractivity contribution >= 4 is 23.2 Å². The van der Waals surface area contributed by atoms with Crippen LogP contribution in [0.4, 0.5) is 4.39 Å². The second-order valence-corrected chi connectivity index (χ2v) is 8.68. The SMILES string of the molecule is O=C1C(=O)N(C2C[C@@H]3C[C@@H]3C2)CCN1Cc1nnc(-c2ccc(F)cc2)s1. The van der Waals surface area contributed by atoms with Gasteiger partial charge in [-0.2, -0.15) is 0 Å². The maximum absolute atomic E-state index is 13.1. The van der Waals surface area contributed by atoms with Gasteiger partial charge in [-0.3, -0.25) is 9.59 Å². The summed E-state index contributed by atoms with van der Waals surface area (Å²) in [5.74, 6) is 0.436. The zero-order chi connectivity index (χ0) is 18.5. The third-order valence-electron chi connectivity index (χ3n) is 5.89. The van der Waals surface area contributed by atoms with Gasteiger partial charge in [-0.25, -0.2) is 4.39 Å². The molecule has 0 spiro atoms. The summed E-state index contributed by atoms with van der Waals surface area (Å²) in [5, 5.41) is 9.61. The lowest BCUT2D eigenvalue weighted by molar-refractivity contribution is -0.158. The Morgan fingerprint density at radius 1 is 1.00 bits per heavy atom. The average Bonchev–Trinajstić information content (AvgIpc) is 3.05. The molecular weight excluding hydrogens is 367 g/mol. The number of carbonyl (C=O) groups excluding carboxylic acids is 2. The van der Waals surface area contributed by atoms with E-state index in [4.69, 9.17) is 0 Å². The van der Waals surface area contributed by atoms with Gasteiger partial charge in [0.05, 0.1) is 6.54 Å². The number of aromatic nitrogens is 2. The first kappa shape index (κ1) is 16.8. The number of hydrogen-bond donors (Lipinski definition) is 0. The summed E-state index contributed by atoms with van der Waals surface area (Å²) in [6, 6.07) is 6.31. The van der Waals surface area contributed by atoms with Gasteiger partial charge < -0.3 is 9.80 Å². The van der Waals surface area contributed by atoms with E-state index >= 15 is 0 Å². The van der Waals surface area contributed by atoms with Gasteiger partial charge in [0.25, 0.3) is 0 Å². The van der Waals surface area contributed by atoms with E-state index in [1.807, 2.05) is 0 Å². The molecule has 1 unspecified atom stereocenters. The summed E-state index contributed by atoms with van der Waals surface area (Å²) in [5.41, 5.74) is 0.784. The molecule has 1 aromatic heterocycles. The number of piperazine rings is 1. The number of rotatable bonds is 4. The number of carbonyl (C=O) groups is 2. The van der Waals surface area contributed by atoms with Crippen LogP contribution in [0.25, 0.3) is 10.6 Å². The van der Waals surface area contributed by atoms with Gasteiger partial charge in [-0.05, 0) is 55.4 Å². The minimum atomic E-state index is -0.444. The first-order valence-corrected chi connectivity index (χ1v) is 10.1. The number of amides is 2. The lowest BCUT2D eigenvalue weighted by Gasteiger charge is -2.37. The first-order valence-electron chi connectivity index (χ1n) is 9.26. The van der Waals surface area contributed by atoms with E-state index < -0.39 is 5.91 Å². The average molecular weight is 386 g/mol. The zero-order valence-corrected chi connectivity index (χ0v) is 15.5. The quantitative estimate of drug-likeness (QED) is 0.757. The van der Waals surface area contributed by atoms with Crippen molar-refractivity contribution in [3.63, 3.8) is 0 Å². The maximum Gasteiger partial charge on any atom is 0.312 e. The molecule has 140 valence electrons. The molecule has 2 aromatic rings. The highest BCUT2D eigenvalue weighted by Gasteiger charge is 2.50. The van der Waals surface area contributed by atoms with Gasteiger partial charge in [-0.15, -0.1) is 10.2 Å². The molecule has 0 radical (unpaired) electrons. The number of hydrogen-bond acceptors (Lipinski definition) is 5. The van der Waals surface area contributed by atoms with Crippen LogP contribution < -0.4 is 0 Å². The molecule has 3 fully saturated rings. The fourth-order valence-electron chi connectivity index (χ4n) is 4.32. The van der Waals surface area contributed by atoms with Gasteiger partial charge >= 0.3 is 11.8 Å². The third kappa shape index (κ3) is 3.12. The molecule has 3 aliphatic rings. The Morgan fingerprint density at radius 3 is 2.48 bits per heavy atom. The molecule has 1 aromatic carbocycles. The van der Waals surface area contributed by atoms with Gasteiger partial charge in [0.1, 0.15) is 15.8 Å². The molecule has 3 atom stereocenters. The molecule has 27 heavy (non-hydrogen) atoms. The lowest BCUT2D eigenvalue weighted by atomic mass is 10.1. The van der Waals surface area contributed by atoms with Crippen molar-refractivity contribution in [2.24, 2.45) is 11.8 Å². The van der Waals surface area contributed by atoms with Crippen LogP contribution in [0.1, 0.15) is 24.3 Å². The minimum absolute atomic E-state index is 0.249. The molecule has 2 heterocycles. The van der Waals surface area contributed by atoms with Gasteiger partial charge in [0.15, 0.2) is 0 Å². The van der Waals surface area contributed by atoms with Crippen LogP contribution in [0.2, 0.25) is 0 Å². The fourth-order valence-corrected chi connectivity index (χ4v) is 5.18. The van der Waals surface area contributed by atoms with Crippen LogP contribution in [0.15, 0.2) is 24.3 Å². The van der Waals surface area contributed by atoms with Crippen molar-refractivity contribution in [3.05, 3.63) is 35.1 Å². The van der Waals surface area contributed by atoms with Crippen molar-refractivity contribution in [3.8, 4) is 10.6 Å². The Balaban J connectivity index is 1.24. The Bertz CT molecular complexity index is 889. The predicted octanol–water partition coefficient (Wildman–Crippen LogP) is 2.31. The van der Waals surface area contributed by atoms with Gasteiger partial charge in [0, 0.05) is 24.7 Å². The number of halogens is 1. The topological polar surface area (TPSA) is 66.4 Å². The second kappa shape index (κ2) is 6.37. The molecule has 5 rings (SSSR count). The smallest absolute Gasteiger partial charge is 0.312 e. The van der Waals surface area contributed by atoms with E-state index in [0.29, 0.717) is 23.1 Å². The highest BCUT2D eigenvalue weighted by atomic mass is 32.1. The van der Waals surface area contributed by atoms with Crippen LogP contribution in [0.5, 0.6) is 0 Å². The predicted molar refractivity (Wildman–Crippen MR) is 97.1 cm³/mol.